The van der Waals surface area contributed by atoms with Gasteiger partial charge in [0.15, 0.2) is 0 Å². The van der Waals surface area contributed by atoms with Crippen molar-refractivity contribution in [2.75, 3.05) is 19.7 Å². The lowest BCUT2D eigenvalue weighted by Crippen LogP contribution is -2.51. The molecule has 1 saturated heterocycles. The topological polar surface area (TPSA) is 109 Å². The third-order valence-corrected chi connectivity index (χ3v) is 7.73. The van der Waals surface area contributed by atoms with Gasteiger partial charge in [0, 0.05) is 25.5 Å². The zero-order valence-corrected chi connectivity index (χ0v) is 21.3. The Kier molecular flexibility index (Phi) is 8.51. The van der Waals surface area contributed by atoms with Crippen LogP contribution in [0.25, 0.3) is 0 Å². The molecule has 0 atom stereocenters. The van der Waals surface area contributed by atoms with Crippen LogP contribution in [0.1, 0.15) is 71.8 Å². The molecule has 1 saturated carbocycles. The molecular weight excluding hydrogens is 448 g/mol. The van der Waals surface area contributed by atoms with Crippen molar-refractivity contribution in [3.63, 3.8) is 0 Å². The molecule has 1 spiro atoms. The summed E-state index contributed by atoms with van der Waals surface area (Å²) in [6, 6.07) is 3.07. The third-order valence-electron chi connectivity index (χ3n) is 7.73. The molecule has 0 aromatic carbocycles. The van der Waals surface area contributed by atoms with Crippen molar-refractivity contribution in [2.45, 2.75) is 78.3 Å². The highest BCUT2D eigenvalue weighted by atomic mass is 16.5. The van der Waals surface area contributed by atoms with E-state index in [2.05, 4.69) is 31.1 Å². The molecule has 0 unspecified atom stereocenters. The first-order valence-electron chi connectivity index (χ1n) is 12.6. The highest BCUT2D eigenvalue weighted by Gasteiger charge is 2.53. The van der Waals surface area contributed by atoms with E-state index in [1.165, 1.54) is 4.90 Å². The molecule has 1 aliphatic heterocycles. The highest BCUT2D eigenvalue weighted by molar-refractivity contribution is 6.09. The summed E-state index contributed by atoms with van der Waals surface area (Å²) in [6.45, 7) is 8.64. The van der Waals surface area contributed by atoms with Gasteiger partial charge in [-0.2, -0.15) is 0 Å². The van der Waals surface area contributed by atoms with Crippen molar-refractivity contribution < 1.29 is 23.9 Å². The van der Waals surface area contributed by atoms with Crippen LogP contribution in [0, 0.1) is 11.3 Å². The summed E-state index contributed by atoms with van der Waals surface area (Å²) in [4.78, 5) is 57.9. The van der Waals surface area contributed by atoms with Gasteiger partial charge in [-0.15, -0.1) is 0 Å². The maximum Gasteiger partial charge on any atom is 0.325 e. The number of imide groups is 1. The molecule has 1 aromatic rings. The Morgan fingerprint density at radius 1 is 1.26 bits per heavy atom. The molecule has 4 amide bonds. The molecule has 0 bridgehead atoms. The molecule has 2 aliphatic rings. The molecule has 1 aromatic heterocycles. The van der Waals surface area contributed by atoms with Crippen LogP contribution < -0.4 is 5.32 Å². The standard InChI is InChI=1S/C26H38N4O5/c1-5-25(3,4)20-9-12-26(13-10-20)23(33)30(24(34)28-26)18-21(31)29(15-11-22(32)35-6-2)17-19-8-7-14-27-16-19/h7-8,14,16,20H,5-6,9-13,15,17-18H2,1-4H3,(H,28,34). The lowest BCUT2D eigenvalue weighted by Gasteiger charge is -2.42. The second-order valence-corrected chi connectivity index (χ2v) is 10.3. The van der Waals surface area contributed by atoms with E-state index in [9.17, 15) is 19.2 Å². The van der Waals surface area contributed by atoms with E-state index in [1.807, 2.05) is 6.07 Å². The summed E-state index contributed by atoms with van der Waals surface area (Å²) in [7, 11) is 0. The molecule has 192 valence electrons. The Balaban J connectivity index is 1.68. The van der Waals surface area contributed by atoms with Crippen molar-refractivity contribution >= 4 is 23.8 Å². The number of ether oxygens (including phenoxy) is 1. The number of amides is 4. The average Bonchev–Trinajstić information content (AvgIpc) is 3.06. The Morgan fingerprint density at radius 3 is 2.57 bits per heavy atom. The fourth-order valence-electron chi connectivity index (χ4n) is 5.04. The lowest BCUT2D eigenvalue weighted by atomic mass is 9.65. The summed E-state index contributed by atoms with van der Waals surface area (Å²) in [5.41, 5.74) is 0.0565. The number of nitrogens with zero attached hydrogens (tertiary/aromatic N) is 3. The first-order valence-corrected chi connectivity index (χ1v) is 12.6. The molecule has 2 heterocycles. The quantitative estimate of drug-likeness (QED) is 0.402. The van der Waals surface area contributed by atoms with Crippen LogP contribution in [-0.2, 0) is 25.7 Å². The van der Waals surface area contributed by atoms with Gasteiger partial charge in [-0.1, -0.05) is 33.3 Å². The third kappa shape index (κ3) is 6.18. The van der Waals surface area contributed by atoms with Gasteiger partial charge in [-0.05, 0) is 55.6 Å². The molecule has 2 fully saturated rings. The fraction of sp³-hybridized carbons (Fsp3) is 0.654. The van der Waals surface area contributed by atoms with E-state index in [-0.39, 0.29) is 44.0 Å². The molecule has 9 heteroatoms. The van der Waals surface area contributed by atoms with E-state index in [4.69, 9.17) is 4.74 Å². The van der Waals surface area contributed by atoms with Gasteiger partial charge in [-0.25, -0.2) is 4.79 Å². The number of urea groups is 1. The summed E-state index contributed by atoms with van der Waals surface area (Å²) < 4.78 is 4.99. The van der Waals surface area contributed by atoms with Crippen LogP contribution in [0.5, 0.6) is 0 Å². The minimum atomic E-state index is -0.920. The van der Waals surface area contributed by atoms with Crippen LogP contribution in [-0.4, -0.2) is 63.8 Å². The van der Waals surface area contributed by atoms with Gasteiger partial charge in [-0.3, -0.25) is 24.3 Å². The van der Waals surface area contributed by atoms with E-state index in [1.54, 1.807) is 25.4 Å². The SMILES string of the molecule is CCOC(=O)CCN(Cc1cccnc1)C(=O)CN1C(=O)NC2(CCC(C(C)(C)CC)CC2)C1=O. The number of rotatable bonds is 10. The van der Waals surface area contributed by atoms with Crippen LogP contribution >= 0.6 is 0 Å². The summed E-state index contributed by atoms with van der Waals surface area (Å²) >= 11 is 0. The first kappa shape index (κ1) is 26.6. The number of carbonyl (C=O) groups is 4. The minimum absolute atomic E-state index is 0.0263. The van der Waals surface area contributed by atoms with Crippen molar-refractivity contribution in [1.29, 1.82) is 0 Å². The molecular formula is C26H38N4O5. The second-order valence-electron chi connectivity index (χ2n) is 10.3. The average molecular weight is 487 g/mol. The van der Waals surface area contributed by atoms with E-state index < -0.39 is 23.4 Å². The molecule has 3 rings (SSSR count). The summed E-state index contributed by atoms with van der Waals surface area (Å²) in [5, 5.41) is 2.90. The number of hydrogen-bond acceptors (Lipinski definition) is 6. The van der Waals surface area contributed by atoms with Gasteiger partial charge in [0.2, 0.25) is 5.91 Å². The van der Waals surface area contributed by atoms with Gasteiger partial charge in [0.1, 0.15) is 12.1 Å². The Bertz CT molecular complexity index is 925. The van der Waals surface area contributed by atoms with Gasteiger partial charge in [0.25, 0.3) is 5.91 Å². The van der Waals surface area contributed by atoms with E-state index in [0.717, 1.165) is 29.7 Å². The molecule has 1 N–H and O–H groups in total. The molecule has 1 aliphatic carbocycles. The molecule has 0 radical (unpaired) electrons. The fourth-order valence-corrected chi connectivity index (χ4v) is 5.04. The maximum atomic E-state index is 13.4. The Labute approximate surface area is 207 Å². The smallest absolute Gasteiger partial charge is 0.325 e. The number of pyridine rings is 1. The Morgan fingerprint density at radius 2 is 1.97 bits per heavy atom. The predicted molar refractivity (Wildman–Crippen MR) is 130 cm³/mol. The van der Waals surface area contributed by atoms with Crippen LogP contribution in [0.15, 0.2) is 24.5 Å². The van der Waals surface area contributed by atoms with Crippen LogP contribution in [0.4, 0.5) is 4.79 Å². The van der Waals surface area contributed by atoms with Gasteiger partial charge in [0.05, 0.1) is 13.0 Å². The largest absolute Gasteiger partial charge is 0.466 e. The second kappa shape index (κ2) is 11.2. The zero-order chi connectivity index (χ0) is 25.6. The van der Waals surface area contributed by atoms with Crippen LogP contribution in [0.2, 0.25) is 0 Å². The zero-order valence-electron chi connectivity index (χ0n) is 21.3. The number of aromatic nitrogens is 1. The molecule has 35 heavy (non-hydrogen) atoms. The lowest BCUT2D eigenvalue weighted by molar-refractivity contribution is -0.145. The summed E-state index contributed by atoms with van der Waals surface area (Å²) in [5.74, 6) is -0.636. The van der Waals surface area contributed by atoms with Gasteiger partial charge >= 0.3 is 12.0 Å². The van der Waals surface area contributed by atoms with Crippen molar-refractivity contribution in [1.82, 2.24) is 20.1 Å². The number of esters is 1. The van der Waals surface area contributed by atoms with Crippen LogP contribution in [0.3, 0.4) is 0 Å². The number of hydrogen-bond donors (Lipinski definition) is 1. The maximum absolute atomic E-state index is 13.4. The Hall–Kier alpha value is -2.97. The predicted octanol–water partition coefficient (Wildman–Crippen LogP) is 3.28. The van der Waals surface area contributed by atoms with Crippen molar-refractivity contribution in [3.05, 3.63) is 30.1 Å². The van der Waals surface area contributed by atoms with Crippen molar-refractivity contribution in [3.8, 4) is 0 Å². The number of carbonyl (C=O) groups excluding carboxylic acids is 4. The minimum Gasteiger partial charge on any atom is -0.466 e. The van der Waals surface area contributed by atoms with E-state index in [0.29, 0.717) is 18.8 Å². The summed E-state index contributed by atoms with van der Waals surface area (Å²) in [6.07, 6.45) is 7.25. The normalized spacial score (nSPS) is 22.3. The number of nitrogens with one attached hydrogen (secondary N) is 1. The first-order chi connectivity index (χ1) is 16.6. The van der Waals surface area contributed by atoms with Gasteiger partial charge < -0.3 is 15.0 Å². The van der Waals surface area contributed by atoms with Crippen molar-refractivity contribution in [2.24, 2.45) is 11.3 Å². The molecule has 9 nitrogen and oxygen atoms in total. The monoisotopic (exact) mass is 486 g/mol. The highest BCUT2D eigenvalue weighted by Crippen LogP contribution is 2.45. The van der Waals surface area contributed by atoms with E-state index >= 15 is 0 Å².